The molecule has 1 amide bonds. The molecule has 0 spiro atoms. The molecule has 0 saturated carbocycles. The largest absolute Gasteiger partial charge is 0.481 e. The van der Waals surface area contributed by atoms with Crippen molar-refractivity contribution in [3.8, 4) is 0 Å². The summed E-state index contributed by atoms with van der Waals surface area (Å²) in [5.41, 5.74) is 0.853. The van der Waals surface area contributed by atoms with Gasteiger partial charge in [-0.2, -0.15) is 0 Å². The van der Waals surface area contributed by atoms with E-state index in [0.717, 1.165) is 5.56 Å². The minimum atomic E-state index is -1.02. The van der Waals surface area contributed by atoms with Gasteiger partial charge in [0.25, 0.3) is 0 Å². The highest BCUT2D eigenvalue weighted by Crippen LogP contribution is 2.27. The number of hydrogen-bond donors (Lipinski definition) is 2. The van der Waals surface area contributed by atoms with Crippen LogP contribution in [-0.2, 0) is 16.1 Å². The van der Waals surface area contributed by atoms with Crippen molar-refractivity contribution in [1.82, 2.24) is 5.32 Å². The van der Waals surface area contributed by atoms with Crippen LogP contribution in [0.4, 0.5) is 4.79 Å². The van der Waals surface area contributed by atoms with E-state index < -0.39 is 18.1 Å². The maximum atomic E-state index is 11.8. The third-order valence-electron chi connectivity index (χ3n) is 2.81. The van der Waals surface area contributed by atoms with Gasteiger partial charge in [0.1, 0.15) is 6.61 Å². The Balaban J connectivity index is 1.94. The van der Waals surface area contributed by atoms with Crippen LogP contribution in [0.25, 0.3) is 0 Å². The molecule has 0 aliphatic carbocycles. The van der Waals surface area contributed by atoms with Gasteiger partial charge in [0, 0.05) is 10.3 Å². The number of carboxylic acid groups (broad SMARTS) is 1. The number of aliphatic carboxylic acids is 1. The molecule has 0 fully saturated rings. The van der Waals surface area contributed by atoms with Crippen molar-refractivity contribution in [2.24, 2.45) is 0 Å². The van der Waals surface area contributed by atoms with Gasteiger partial charge in [-0.3, -0.25) is 4.79 Å². The Labute approximate surface area is 136 Å². The lowest BCUT2D eigenvalue weighted by Gasteiger charge is -2.15. The lowest BCUT2D eigenvalue weighted by molar-refractivity contribution is -0.137. The van der Waals surface area contributed by atoms with Crippen LogP contribution >= 0.6 is 22.9 Å². The zero-order valence-corrected chi connectivity index (χ0v) is 13.1. The standard InChI is InChI=1S/C15H14ClNO4S/c16-11-6-13(22-9-11)12(7-14(18)19)17-15(20)21-8-10-4-2-1-3-5-10/h1-6,9,12H,7-8H2,(H,17,20)(H,18,19). The summed E-state index contributed by atoms with van der Waals surface area (Å²) in [7, 11) is 0. The molecule has 0 radical (unpaired) electrons. The van der Waals surface area contributed by atoms with Gasteiger partial charge >= 0.3 is 12.1 Å². The third kappa shape index (κ3) is 5.05. The molecule has 2 N–H and O–H groups in total. The van der Waals surface area contributed by atoms with Crippen LogP contribution in [0.3, 0.4) is 0 Å². The lowest BCUT2D eigenvalue weighted by atomic mass is 10.2. The number of rotatable bonds is 6. The summed E-state index contributed by atoms with van der Waals surface area (Å²) in [5.74, 6) is -1.02. The minimum Gasteiger partial charge on any atom is -0.481 e. The molecule has 5 nitrogen and oxygen atoms in total. The van der Waals surface area contributed by atoms with E-state index in [2.05, 4.69) is 5.32 Å². The van der Waals surface area contributed by atoms with Crippen molar-refractivity contribution in [3.63, 3.8) is 0 Å². The number of carboxylic acids is 1. The third-order valence-corrected chi connectivity index (χ3v) is 4.21. The summed E-state index contributed by atoms with van der Waals surface area (Å²) in [5, 5.41) is 13.7. The Morgan fingerprint density at radius 3 is 2.64 bits per heavy atom. The Bertz CT molecular complexity index is 644. The van der Waals surface area contributed by atoms with Gasteiger partial charge in [-0.25, -0.2) is 4.79 Å². The molecule has 7 heteroatoms. The molecule has 116 valence electrons. The molecule has 1 atom stereocenters. The molecule has 0 aliphatic rings. The number of nitrogens with one attached hydrogen (secondary N) is 1. The first-order valence-electron chi connectivity index (χ1n) is 6.47. The highest BCUT2D eigenvalue weighted by atomic mass is 35.5. The quantitative estimate of drug-likeness (QED) is 0.838. The van der Waals surface area contributed by atoms with Crippen LogP contribution in [0.5, 0.6) is 0 Å². The zero-order valence-electron chi connectivity index (χ0n) is 11.5. The van der Waals surface area contributed by atoms with Crippen molar-refractivity contribution in [3.05, 3.63) is 57.2 Å². The number of amides is 1. The molecule has 22 heavy (non-hydrogen) atoms. The number of hydrogen-bond acceptors (Lipinski definition) is 4. The normalized spacial score (nSPS) is 11.7. The molecule has 0 saturated heterocycles. The Hall–Kier alpha value is -2.05. The van der Waals surface area contributed by atoms with Gasteiger partial charge in [0.15, 0.2) is 0 Å². The number of halogens is 1. The fraction of sp³-hybridized carbons (Fsp3) is 0.200. The van der Waals surface area contributed by atoms with Gasteiger partial charge in [-0.1, -0.05) is 41.9 Å². The summed E-state index contributed by atoms with van der Waals surface area (Å²) >= 11 is 7.13. The summed E-state index contributed by atoms with van der Waals surface area (Å²) in [6, 6.07) is 10.2. The van der Waals surface area contributed by atoms with Gasteiger partial charge in [0.05, 0.1) is 17.5 Å². The molecule has 1 aromatic heterocycles. The first-order valence-corrected chi connectivity index (χ1v) is 7.73. The van der Waals surface area contributed by atoms with E-state index in [9.17, 15) is 9.59 Å². The summed E-state index contributed by atoms with van der Waals surface area (Å²) in [6.45, 7) is 0.123. The zero-order chi connectivity index (χ0) is 15.9. The molecule has 2 aromatic rings. The smallest absolute Gasteiger partial charge is 0.407 e. The van der Waals surface area contributed by atoms with E-state index in [0.29, 0.717) is 9.90 Å². The number of benzene rings is 1. The number of ether oxygens (including phenoxy) is 1. The topological polar surface area (TPSA) is 75.6 Å². The first-order chi connectivity index (χ1) is 10.5. The van der Waals surface area contributed by atoms with Crippen molar-refractivity contribution in [2.45, 2.75) is 19.1 Å². The average molecular weight is 340 g/mol. The maximum Gasteiger partial charge on any atom is 0.407 e. The lowest BCUT2D eigenvalue weighted by Crippen LogP contribution is -2.30. The number of thiophene rings is 1. The number of carbonyl (C=O) groups is 2. The van der Waals surface area contributed by atoms with Crippen LogP contribution < -0.4 is 5.32 Å². The van der Waals surface area contributed by atoms with E-state index in [1.54, 1.807) is 11.4 Å². The van der Waals surface area contributed by atoms with Crippen molar-refractivity contribution >= 4 is 35.0 Å². The fourth-order valence-electron chi connectivity index (χ4n) is 1.82. The predicted octanol–water partition coefficient (Wildman–Crippen LogP) is 3.84. The van der Waals surface area contributed by atoms with Crippen LogP contribution in [0.15, 0.2) is 41.8 Å². The van der Waals surface area contributed by atoms with E-state index in [1.165, 1.54) is 11.3 Å². The molecule has 2 rings (SSSR count). The molecule has 1 heterocycles. The average Bonchev–Trinajstić information content (AvgIpc) is 2.92. The summed E-state index contributed by atoms with van der Waals surface area (Å²) < 4.78 is 5.10. The monoisotopic (exact) mass is 339 g/mol. The van der Waals surface area contributed by atoms with Crippen LogP contribution in [-0.4, -0.2) is 17.2 Å². The van der Waals surface area contributed by atoms with Crippen molar-refractivity contribution in [1.29, 1.82) is 0 Å². The Kier molecular flexibility index (Phi) is 5.80. The Morgan fingerprint density at radius 1 is 1.32 bits per heavy atom. The first kappa shape index (κ1) is 16.3. The van der Waals surface area contributed by atoms with E-state index in [1.807, 2.05) is 30.3 Å². The van der Waals surface area contributed by atoms with Crippen LogP contribution in [0, 0.1) is 0 Å². The highest BCUT2D eigenvalue weighted by Gasteiger charge is 2.20. The fourth-order valence-corrected chi connectivity index (χ4v) is 2.95. The van der Waals surface area contributed by atoms with Crippen molar-refractivity contribution < 1.29 is 19.4 Å². The van der Waals surface area contributed by atoms with E-state index in [-0.39, 0.29) is 13.0 Å². The number of carbonyl (C=O) groups excluding carboxylic acids is 1. The highest BCUT2D eigenvalue weighted by molar-refractivity contribution is 7.10. The van der Waals surface area contributed by atoms with E-state index in [4.69, 9.17) is 21.4 Å². The molecule has 0 bridgehead atoms. The number of alkyl carbamates (subject to hydrolysis) is 1. The van der Waals surface area contributed by atoms with Gasteiger partial charge in [-0.15, -0.1) is 11.3 Å². The maximum absolute atomic E-state index is 11.8. The van der Waals surface area contributed by atoms with E-state index >= 15 is 0 Å². The molecule has 0 aliphatic heterocycles. The van der Waals surface area contributed by atoms with Crippen LogP contribution in [0.1, 0.15) is 22.9 Å². The molecular weight excluding hydrogens is 326 g/mol. The van der Waals surface area contributed by atoms with Crippen LogP contribution in [0.2, 0.25) is 5.02 Å². The second kappa shape index (κ2) is 7.82. The molecule has 1 aromatic carbocycles. The summed E-state index contributed by atoms with van der Waals surface area (Å²) in [6.07, 6.45) is -0.906. The van der Waals surface area contributed by atoms with Gasteiger partial charge < -0.3 is 15.2 Å². The second-order valence-corrected chi connectivity index (χ2v) is 5.90. The predicted molar refractivity (Wildman–Crippen MR) is 84.1 cm³/mol. The second-order valence-electron chi connectivity index (χ2n) is 4.52. The minimum absolute atomic E-state index is 0.123. The van der Waals surface area contributed by atoms with Crippen molar-refractivity contribution in [2.75, 3.05) is 0 Å². The summed E-state index contributed by atoms with van der Waals surface area (Å²) in [4.78, 5) is 23.4. The molecule has 1 unspecified atom stereocenters. The van der Waals surface area contributed by atoms with Gasteiger partial charge in [0.2, 0.25) is 0 Å². The Morgan fingerprint density at radius 2 is 2.05 bits per heavy atom. The SMILES string of the molecule is O=C(O)CC(NC(=O)OCc1ccccc1)c1cc(Cl)cs1. The molecular formula is C15H14ClNO4S. The van der Waals surface area contributed by atoms with Gasteiger partial charge in [-0.05, 0) is 11.6 Å².